The number of hydrogen-bond donors (Lipinski definition) is 2. The molecule has 0 spiro atoms. The second-order valence-electron chi connectivity index (χ2n) is 4.52. The van der Waals surface area contributed by atoms with Gasteiger partial charge in [0, 0.05) is 6.07 Å². The van der Waals surface area contributed by atoms with Crippen molar-refractivity contribution in [2.45, 2.75) is 13.0 Å². The maximum Gasteiger partial charge on any atom is 0.387 e. The van der Waals surface area contributed by atoms with Gasteiger partial charge in [-0.1, -0.05) is 0 Å². The molecular weight excluding hydrogens is 288 g/mol. The standard InChI is InChI=1S/C13H13F2NO5/c1-20-6-2-3-10(21-13(14)15)9(4-6)16-11(17)7-5-8(7)12(18)19/h2-4,7-8,13H,5H2,1H3,(H,16,17)(H,18,19)/t7-,8+/m1/s1. The SMILES string of the molecule is COc1ccc(OC(F)F)c(NC(=O)[C@@H]2C[C@@H]2C(=O)O)c1. The molecule has 0 unspecified atom stereocenters. The van der Waals surface area contributed by atoms with Crippen LogP contribution in [0.2, 0.25) is 0 Å². The van der Waals surface area contributed by atoms with Gasteiger partial charge in [-0.05, 0) is 18.6 Å². The van der Waals surface area contributed by atoms with E-state index >= 15 is 0 Å². The Hall–Kier alpha value is -2.38. The molecule has 0 bridgehead atoms. The lowest BCUT2D eigenvalue weighted by Crippen LogP contribution is -2.18. The van der Waals surface area contributed by atoms with E-state index in [1.165, 1.54) is 25.3 Å². The highest BCUT2D eigenvalue weighted by atomic mass is 19.3. The quantitative estimate of drug-likeness (QED) is 0.839. The Labute approximate surface area is 118 Å². The number of halogens is 2. The topological polar surface area (TPSA) is 84.9 Å². The minimum Gasteiger partial charge on any atom is -0.497 e. The molecule has 8 heteroatoms. The van der Waals surface area contributed by atoms with Gasteiger partial charge in [-0.2, -0.15) is 8.78 Å². The van der Waals surface area contributed by atoms with Crippen molar-refractivity contribution < 1.29 is 33.0 Å². The molecular formula is C13H13F2NO5. The van der Waals surface area contributed by atoms with Gasteiger partial charge in [0.15, 0.2) is 0 Å². The van der Waals surface area contributed by atoms with E-state index in [2.05, 4.69) is 10.1 Å². The van der Waals surface area contributed by atoms with Gasteiger partial charge in [0.25, 0.3) is 0 Å². The van der Waals surface area contributed by atoms with Crippen molar-refractivity contribution in [3.05, 3.63) is 18.2 Å². The number of ether oxygens (including phenoxy) is 2. The third kappa shape index (κ3) is 3.59. The smallest absolute Gasteiger partial charge is 0.387 e. The lowest BCUT2D eigenvalue weighted by atomic mass is 10.2. The summed E-state index contributed by atoms with van der Waals surface area (Å²) in [7, 11) is 1.38. The molecule has 2 atom stereocenters. The second-order valence-corrected chi connectivity index (χ2v) is 4.52. The molecule has 114 valence electrons. The molecule has 6 nitrogen and oxygen atoms in total. The highest BCUT2D eigenvalue weighted by Crippen LogP contribution is 2.40. The zero-order chi connectivity index (χ0) is 15.6. The van der Waals surface area contributed by atoms with Gasteiger partial charge in [0.1, 0.15) is 11.5 Å². The normalized spacial score (nSPS) is 20.0. The number of hydrogen-bond acceptors (Lipinski definition) is 4. The van der Waals surface area contributed by atoms with Crippen LogP contribution in [0.3, 0.4) is 0 Å². The Morgan fingerprint density at radius 1 is 1.38 bits per heavy atom. The molecule has 2 rings (SSSR count). The van der Waals surface area contributed by atoms with Crippen molar-refractivity contribution >= 4 is 17.6 Å². The number of rotatable bonds is 6. The Bertz CT molecular complexity index is 563. The molecule has 1 aromatic carbocycles. The summed E-state index contributed by atoms with van der Waals surface area (Å²) in [4.78, 5) is 22.6. The van der Waals surface area contributed by atoms with E-state index in [0.29, 0.717) is 5.75 Å². The number of nitrogens with one attached hydrogen (secondary N) is 1. The molecule has 1 fully saturated rings. The Morgan fingerprint density at radius 2 is 2.10 bits per heavy atom. The molecule has 21 heavy (non-hydrogen) atoms. The molecule has 2 N–H and O–H groups in total. The van der Waals surface area contributed by atoms with E-state index in [9.17, 15) is 18.4 Å². The Balaban J connectivity index is 2.13. The lowest BCUT2D eigenvalue weighted by Gasteiger charge is -2.13. The van der Waals surface area contributed by atoms with Crippen LogP contribution in [0, 0.1) is 11.8 Å². The summed E-state index contributed by atoms with van der Waals surface area (Å²) in [6, 6.07) is 3.97. The van der Waals surface area contributed by atoms with Gasteiger partial charge >= 0.3 is 12.6 Å². The molecule has 0 radical (unpaired) electrons. The molecule has 0 aliphatic heterocycles. The summed E-state index contributed by atoms with van der Waals surface area (Å²) in [6.07, 6.45) is 0.232. The lowest BCUT2D eigenvalue weighted by molar-refractivity contribution is -0.139. The monoisotopic (exact) mass is 301 g/mol. The first-order valence-corrected chi connectivity index (χ1v) is 6.09. The summed E-state index contributed by atoms with van der Waals surface area (Å²) < 4.78 is 33.9. The average molecular weight is 301 g/mol. The van der Waals surface area contributed by atoms with Crippen molar-refractivity contribution in [2.24, 2.45) is 11.8 Å². The summed E-state index contributed by atoms with van der Waals surface area (Å²) in [6.45, 7) is -3.04. The van der Waals surface area contributed by atoms with Crippen LogP contribution < -0.4 is 14.8 Å². The molecule has 1 aromatic rings. The number of methoxy groups -OCH3 is 1. The van der Waals surface area contributed by atoms with Crippen molar-refractivity contribution in [3.8, 4) is 11.5 Å². The number of aliphatic carboxylic acids is 1. The van der Waals surface area contributed by atoms with E-state index in [-0.39, 0.29) is 17.9 Å². The fourth-order valence-corrected chi connectivity index (χ4v) is 1.92. The minimum absolute atomic E-state index is 0.00990. The summed E-state index contributed by atoms with van der Waals surface area (Å²) in [5, 5.41) is 11.2. The molecule has 0 heterocycles. The van der Waals surface area contributed by atoms with E-state index in [0.717, 1.165) is 0 Å². The molecule has 1 saturated carbocycles. The minimum atomic E-state index is -3.04. The van der Waals surface area contributed by atoms with Gasteiger partial charge in [-0.25, -0.2) is 0 Å². The number of carbonyl (C=O) groups excluding carboxylic acids is 1. The van der Waals surface area contributed by atoms with Crippen molar-refractivity contribution in [1.29, 1.82) is 0 Å². The first-order chi connectivity index (χ1) is 9.92. The highest BCUT2D eigenvalue weighted by Gasteiger charge is 2.48. The predicted molar refractivity (Wildman–Crippen MR) is 67.5 cm³/mol. The van der Waals surface area contributed by atoms with Gasteiger partial charge in [-0.15, -0.1) is 0 Å². The van der Waals surface area contributed by atoms with Crippen molar-refractivity contribution in [2.75, 3.05) is 12.4 Å². The number of benzene rings is 1. The number of alkyl halides is 2. The van der Waals surface area contributed by atoms with Crippen LogP contribution in [-0.4, -0.2) is 30.7 Å². The van der Waals surface area contributed by atoms with Crippen LogP contribution >= 0.6 is 0 Å². The number of carboxylic acids is 1. The fraction of sp³-hybridized carbons (Fsp3) is 0.385. The maximum atomic E-state index is 12.3. The zero-order valence-corrected chi connectivity index (χ0v) is 11.0. The average Bonchev–Trinajstić information content (AvgIpc) is 3.20. The van der Waals surface area contributed by atoms with Gasteiger partial charge in [0.2, 0.25) is 5.91 Å². The van der Waals surface area contributed by atoms with Crippen LogP contribution in [0.15, 0.2) is 18.2 Å². The van der Waals surface area contributed by atoms with Gasteiger partial charge in [0.05, 0.1) is 24.6 Å². The van der Waals surface area contributed by atoms with Crippen LogP contribution in [0.4, 0.5) is 14.5 Å². The van der Waals surface area contributed by atoms with Crippen molar-refractivity contribution in [1.82, 2.24) is 0 Å². The van der Waals surface area contributed by atoms with E-state index in [4.69, 9.17) is 9.84 Å². The maximum absolute atomic E-state index is 12.3. The molecule has 0 saturated heterocycles. The molecule has 1 aliphatic carbocycles. The summed E-state index contributed by atoms with van der Waals surface area (Å²) >= 11 is 0. The second kappa shape index (κ2) is 5.94. The van der Waals surface area contributed by atoms with E-state index in [1.807, 2.05) is 0 Å². The Morgan fingerprint density at radius 3 is 2.62 bits per heavy atom. The van der Waals surface area contributed by atoms with Crippen LogP contribution in [0.25, 0.3) is 0 Å². The fourth-order valence-electron chi connectivity index (χ4n) is 1.92. The Kier molecular flexibility index (Phi) is 4.25. The third-order valence-corrected chi connectivity index (χ3v) is 3.11. The van der Waals surface area contributed by atoms with Crippen molar-refractivity contribution in [3.63, 3.8) is 0 Å². The van der Waals surface area contributed by atoms with E-state index in [1.54, 1.807) is 0 Å². The summed E-state index contributed by atoms with van der Waals surface area (Å²) in [5.74, 6) is -2.85. The molecule has 1 amide bonds. The third-order valence-electron chi connectivity index (χ3n) is 3.11. The zero-order valence-electron chi connectivity index (χ0n) is 11.0. The first kappa shape index (κ1) is 15.0. The number of carboxylic acid groups (broad SMARTS) is 1. The van der Waals surface area contributed by atoms with Crippen LogP contribution in [0.1, 0.15) is 6.42 Å². The molecule has 0 aromatic heterocycles. The van der Waals surface area contributed by atoms with Crippen LogP contribution in [0.5, 0.6) is 11.5 Å². The largest absolute Gasteiger partial charge is 0.497 e. The van der Waals surface area contributed by atoms with Crippen LogP contribution in [-0.2, 0) is 9.59 Å². The number of amides is 1. The first-order valence-electron chi connectivity index (χ1n) is 6.09. The predicted octanol–water partition coefficient (Wildman–Crippen LogP) is 1.96. The number of carbonyl (C=O) groups is 2. The highest BCUT2D eigenvalue weighted by molar-refractivity contribution is 5.99. The molecule has 1 aliphatic rings. The number of anilines is 1. The van der Waals surface area contributed by atoms with E-state index < -0.39 is 30.3 Å². The van der Waals surface area contributed by atoms with Gasteiger partial charge in [-0.3, -0.25) is 9.59 Å². The summed E-state index contributed by atoms with van der Waals surface area (Å²) in [5.41, 5.74) is 0.00990. The van der Waals surface area contributed by atoms with Gasteiger partial charge < -0.3 is 19.9 Å².